The van der Waals surface area contributed by atoms with Crippen LogP contribution in [0.5, 0.6) is 0 Å². The average Bonchev–Trinajstić information content (AvgIpc) is 2.79. The van der Waals surface area contributed by atoms with Crippen LogP contribution in [0.15, 0.2) is 24.8 Å². The Morgan fingerprint density at radius 3 is 2.48 bits per heavy atom. The molecule has 5 nitrogen and oxygen atoms in total. The number of aryl methyl sites for hydroxylation is 1. The largest absolute Gasteiger partial charge is 0.462 e. The molecule has 6 heteroatoms. The molecule has 0 N–H and O–H groups in total. The second kappa shape index (κ2) is 6.64. The topological polar surface area (TPSA) is 57.5 Å². The number of fused-ring (bicyclic) bond motifs is 1. The molecule has 1 aromatic carbocycles. The zero-order chi connectivity index (χ0) is 17.1. The maximum atomic E-state index is 13.6. The lowest BCUT2D eigenvalue weighted by molar-refractivity contribution is -0.136. The number of halogens is 1. The average molecular weight is 319 g/mol. The molecule has 1 heterocycles. The standard InChI is InChI=1S/C17H18FNO4/c1-5-22-16(20)10(3)14-12-9-11(18)7-8-13(12)19(4)15(14)17(21)23-6-2/h7-9H,3,5-6H2,1-2,4H3. The second-order valence-corrected chi connectivity index (χ2v) is 4.86. The first-order valence-electron chi connectivity index (χ1n) is 7.23. The molecule has 2 aromatic rings. The number of esters is 2. The summed E-state index contributed by atoms with van der Waals surface area (Å²) < 4.78 is 25.2. The van der Waals surface area contributed by atoms with Crippen molar-refractivity contribution in [1.29, 1.82) is 0 Å². The molecule has 0 spiro atoms. The van der Waals surface area contributed by atoms with Gasteiger partial charge >= 0.3 is 11.9 Å². The highest BCUT2D eigenvalue weighted by Gasteiger charge is 2.27. The van der Waals surface area contributed by atoms with Crippen LogP contribution in [-0.4, -0.2) is 29.7 Å². The number of carbonyl (C=O) groups is 2. The lowest BCUT2D eigenvalue weighted by atomic mass is 10.0. The van der Waals surface area contributed by atoms with E-state index in [-0.39, 0.29) is 30.0 Å². The normalized spacial score (nSPS) is 10.6. The summed E-state index contributed by atoms with van der Waals surface area (Å²) in [5, 5.41) is 0.411. The minimum absolute atomic E-state index is 0.00824. The van der Waals surface area contributed by atoms with Crippen molar-refractivity contribution in [2.45, 2.75) is 13.8 Å². The van der Waals surface area contributed by atoms with Crippen molar-refractivity contribution in [2.75, 3.05) is 13.2 Å². The zero-order valence-electron chi connectivity index (χ0n) is 13.3. The number of hydrogen-bond acceptors (Lipinski definition) is 4. The zero-order valence-corrected chi connectivity index (χ0v) is 13.3. The van der Waals surface area contributed by atoms with Crippen LogP contribution >= 0.6 is 0 Å². The van der Waals surface area contributed by atoms with E-state index in [1.807, 2.05) is 0 Å². The van der Waals surface area contributed by atoms with Crippen LogP contribution in [0, 0.1) is 5.82 Å². The number of rotatable bonds is 5. The van der Waals surface area contributed by atoms with Gasteiger partial charge in [-0.25, -0.2) is 14.0 Å². The third-order valence-electron chi connectivity index (χ3n) is 3.45. The fraction of sp³-hybridized carbons (Fsp3) is 0.294. The van der Waals surface area contributed by atoms with E-state index in [9.17, 15) is 14.0 Å². The van der Waals surface area contributed by atoms with Crippen molar-refractivity contribution in [2.24, 2.45) is 7.05 Å². The van der Waals surface area contributed by atoms with Crippen molar-refractivity contribution >= 4 is 28.4 Å². The molecule has 0 unspecified atom stereocenters. The molecule has 23 heavy (non-hydrogen) atoms. The van der Waals surface area contributed by atoms with E-state index < -0.39 is 17.8 Å². The molecular formula is C17H18FNO4. The molecule has 0 aliphatic heterocycles. The van der Waals surface area contributed by atoms with Gasteiger partial charge in [-0.1, -0.05) is 6.58 Å². The Morgan fingerprint density at radius 2 is 1.87 bits per heavy atom. The molecule has 0 saturated heterocycles. The van der Waals surface area contributed by atoms with E-state index in [1.165, 1.54) is 18.2 Å². The number of benzene rings is 1. The molecule has 0 aliphatic carbocycles. The van der Waals surface area contributed by atoms with Crippen LogP contribution in [0.2, 0.25) is 0 Å². The van der Waals surface area contributed by atoms with Crippen LogP contribution in [0.3, 0.4) is 0 Å². The number of nitrogens with zero attached hydrogens (tertiary/aromatic N) is 1. The second-order valence-electron chi connectivity index (χ2n) is 4.86. The highest BCUT2D eigenvalue weighted by Crippen LogP contribution is 2.32. The van der Waals surface area contributed by atoms with Crippen LogP contribution in [0.1, 0.15) is 29.9 Å². The summed E-state index contributed by atoms with van der Waals surface area (Å²) in [6, 6.07) is 4.08. The third-order valence-corrected chi connectivity index (χ3v) is 3.45. The van der Waals surface area contributed by atoms with Crippen molar-refractivity contribution in [3.05, 3.63) is 41.9 Å². The summed E-state index contributed by atoms with van der Waals surface area (Å²) in [7, 11) is 1.65. The summed E-state index contributed by atoms with van der Waals surface area (Å²) in [5.41, 5.74) is 0.963. The molecule has 0 amide bonds. The molecule has 0 aliphatic rings. The lowest BCUT2D eigenvalue weighted by Crippen LogP contribution is -2.14. The van der Waals surface area contributed by atoms with Gasteiger partial charge in [-0.15, -0.1) is 0 Å². The summed E-state index contributed by atoms with van der Waals surface area (Å²) in [4.78, 5) is 24.3. The van der Waals surface area contributed by atoms with Crippen LogP contribution < -0.4 is 0 Å². The third kappa shape index (κ3) is 2.97. The number of hydrogen-bond donors (Lipinski definition) is 0. The van der Waals surface area contributed by atoms with E-state index in [4.69, 9.17) is 9.47 Å². The van der Waals surface area contributed by atoms with E-state index in [0.717, 1.165) is 0 Å². The van der Waals surface area contributed by atoms with Crippen LogP contribution in [0.25, 0.3) is 16.5 Å². The Morgan fingerprint density at radius 1 is 1.22 bits per heavy atom. The first kappa shape index (κ1) is 16.7. The van der Waals surface area contributed by atoms with Crippen molar-refractivity contribution in [3.8, 4) is 0 Å². The summed E-state index contributed by atoms with van der Waals surface area (Å²) in [6.45, 7) is 7.42. The minimum atomic E-state index is -0.658. The first-order chi connectivity index (χ1) is 10.9. The van der Waals surface area contributed by atoms with E-state index >= 15 is 0 Å². The van der Waals surface area contributed by atoms with Crippen molar-refractivity contribution in [1.82, 2.24) is 4.57 Å². The van der Waals surface area contributed by atoms with Gasteiger partial charge in [0.1, 0.15) is 11.5 Å². The maximum Gasteiger partial charge on any atom is 0.355 e. The van der Waals surface area contributed by atoms with Gasteiger partial charge in [0, 0.05) is 23.5 Å². The fourth-order valence-electron chi connectivity index (χ4n) is 2.48. The van der Waals surface area contributed by atoms with Gasteiger partial charge in [0.05, 0.1) is 18.8 Å². The van der Waals surface area contributed by atoms with Gasteiger partial charge in [-0.3, -0.25) is 0 Å². The predicted molar refractivity (Wildman–Crippen MR) is 84.5 cm³/mol. The molecule has 0 saturated carbocycles. The van der Waals surface area contributed by atoms with E-state index in [2.05, 4.69) is 6.58 Å². The Hall–Kier alpha value is -2.63. The number of aromatic nitrogens is 1. The Balaban J connectivity index is 2.74. The number of carbonyl (C=O) groups excluding carboxylic acids is 2. The summed E-state index contributed by atoms with van der Waals surface area (Å²) >= 11 is 0. The molecule has 122 valence electrons. The monoisotopic (exact) mass is 319 g/mol. The van der Waals surface area contributed by atoms with Gasteiger partial charge in [0.15, 0.2) is 0 Å². The van der Waals surface area contributed by atoms with Crippen molar-refractivity contribution in [3.63, 3.8) is 0 Å². The Kier molecular flexibility index (Phi) is 4.83. The minimum Gasteiger partial charge on any atom is -0.462 e. The quantitative estimate of drug-likeness (QED) is 0.628. The smallest absolute Gasteiger partial charge is 0.355 e. The molecule has 0 atom stereocenters. The van der Waals surface area contributed by atoms with E-state index in [0.29, 0.717) is 10.9 Å². The number of ether oxygens (including phenoxy) is 2. The van der Waals surface area contributed by atoms with Gasteiger partial charge in [0.25, 0.3) is 0 Å². The molecule has 2 rings (SSSR count). The highest BCUT2D eigenvalue weighted by atomic mass is 19.1. The summed E-state index contributed by atoms with van der Waals surface area (Å²) in [5.74, 6) is -1.74. The Bertz CT molecular complexity index is 791. The first-order valence-corrected chi connectivity index (χ1v) is 7.23. The molecule has 0 fully saturated rings. The lowest BCUT2D eigenvalue weighted by Gasteiger charge is -2.09. The molecular weight excluding hydrogens is 301 g/mol. The maximum absolute atomic E-state index is 13.6. The van der Waals surface area contributed by atoms with Crippen LogP contribution in [0.4, 0.5) is 4.39 Å². The van der Waals surface area contributed by atoms with Gasteiger partial charge in [0.2, 0.25) is 0 Å². The Labute approximate surface area is 133 Å². The predicted octanol–water partition coefficient (Wildman–Crippen LogP) is 3.07. The molecule has 1 aromatic heterocycles. The van der Waals surface area contributed by atoms with Crippen molar-refractivity contribution < 1.29 is 23.5 Å². The van der Waals surface area contributed by atoms with E-state index in [1.54, 1.807) is 25.5 Å². The molecule has 0 bridgehead atoms. The fourth-order valence-corrected chi connectivity index (χ4v) is 2.48. The van der Waals surface area contributed by atoms with Gasteiger partial charge in [-0.05, 0) is 32.0 Å². The van der Waals surface area contributed by atoms with Gasteiger partial charge in [-0.2, -0.15) is 0 Å². The molecule has 0 radical (unpaired) electrons. The highest BCUT2D eigenvalue weighted by molar-refractivity contribution is 6.22. The van der Waals surface area contributed by atoms with Crippen LogP contribution in [-0.2, 0) is 21.3 Å². The van der Waals surface area contributed by atoms with Gasteiger partial charge < -0.3 is 14.0 Å². The SMILES string of the molecule is C=C(C(=O)OCC)c1c(C(=O)OCC)n(C)c2ccc(F)cc12. The summed E-state index contributed by atoms with van der Waals surface area (Å²) in [6.07, 6.45) is 0.